The SMILES string of the molecule is CC(N)c1nc(C(=O)N[C@@H](C)c2ccc(Cl)cc2)cs1. The summed E-state index contributed by atoms with van der Waals surface area (Å²) in [4.78, 5) is 16.3. The summed E-state index contributed by atoms with van der Waals surface area (Å²) in [5, 5.41) is 6.06. The van der Waals surface area contributed by atoms with Crippen molar-refractivity contribution in [1.82, 2.24) is 10.3 Å². The normalized spacial score (nSPS) is 13.8. The van der Waals surface area contributed by atoms with E-state index in [1.54, 1.807) is 17.5 Å². The van der Waals surface area contributed by atoms with E-state index in [0.717, 1.165) is 10.6 Å². The Balaban J connectivity index is 2.04. The van der Waals surface area contributed by atoms with Crippen LogP contribution in [0.5, 0.6) is 0 Å². The summed E-state index contributed by atoms with van der Waals surface area (Å²) in [6.45, 7) is 3.76. The van der Waals surface area contributed by atoms with E-state index in [1.165, 1.54) is 11.3 Å². The van der Waals surface area contributed by atoms with Crippen LogP contribution in [0.4, 0.5) is 0 Å². The third-order valence-electron chi connectivity index (χ3n) is 2.86. The lowest BCUT2D eigenvalue weighted by molar-refractivity contribution is 0.0935. The first-order chi connectivity index (χ1) is 9.47. The molecule has 0 saturated carbocycles. The van der Waals surface area contributed by atoms with E-state index in [9.17, 15) is 4.79 Å². The van der Waals surface area contributed by atoms with Crippen molar-refractivity contribution in [3.63, 3.8) is 0 Å². The van der Waals surface area contributed by atoms with Crippen LogP contribution in [0.3, 0.4) is 0 Å². The maximum atomic E-state index is 12.1. The van der Waals surface area contributed by atoms with Crippen molar-refractivity contribution >= 4 is 28.8 Å². The predicted molar refractivity (Wildman–Crippen MR) is 82.0 cm³/mol. The Kier molecular flexibility index (Phi) is 4.75. The number of carbonyl (C=O) groups is 1. The van der Waals surface area contributed by atoms with Gasteiger partial charge in [0.25, 0.3) is 5.91 Å². The Labute approximate surface area is 127 Å². The number of hydrogen-bond donors (Lipinski definition) is 2. The zero-order chi connectivity index (χ0) is 14.7. The number of hydrogen-bond acceptors (Lipinski definition) is 4. The summed E-state index contributed by atoms with van der Waals surface area (Å²) in [6, 6.07) is 7.12. The van der Waals surface area contributed by atoms with Crippen molar-refractivity contribution < 1.29 is 4.79 Å². The molecule has 6 heteroatoms. The number of halogens is 1. The Morgan fingerprint density at radius 2 is 2.00 bits per heavy atom. The summed E-state index contributed by atoms with van der Waals surface area (Å²) in [5.41, 5.74) is 7.13. The van der Waals surface area contributed by atoms with Crippen LogP contribution >= 0.6 is 22.9 Å². The van der Waals surface area contributed by atoms with E-state index in [4.69, 9.17) is 17.3 Å². The van der Waals surface area contributed by atoms with E-state index in [-0.39, 0.29) is 18.0 Å². The third-order valence-corrected chi connectivity index (χ3v) is 4.16. The quantitative estimate of drug-likeness (QED) is 0.910. The molecular weight excluding hydrogens is 294 g/mol. The zero-order valence-electron chi connectivity index (χ0n) is 11.3. The number of thiazole rings is 1. The van der Waals surface area contributed by atoms with Gasteiger partial charge < -0.3 is 11.1 Å². The van der Waals surface area contributed by atoms with Crippen molar-refractivity contribution in [3.05, 3.63) is 50.9 Å². The summed E-state index contributed by atoms with van der Waals surface area (Å²) in [6.07, 6.45) is 0. The minimum Gasteiger partial charge on any atom is -0.344 e. The molecule has 20 heavy (non-hydrogen) atoms. The molecule has 0 spiro atoms. The molecule has 1 aromatic carbocycles. The molecule has 1 amide bonds. The number of rotatable bonds is 4. The van der Waals surface area contributed by atoms with Crippen molar-refractivity contribution in [2.24, 2.45) is 5.73 Å². The fourth-order valence-corrected chi connectivity index (χ4v) is 2.59. The topological polar surface area (TPSA) is 68.0 Å². The van der Waals surface area contributed by atoms with E-state index >= 15 is 0 Å². The molecule has 0 bridgehead atoms. The van der Waals surface area contributed by atoms with Crippen molar-refractivity contribution in [3.8, 4) is 0 Å². The molecule has 1 aromatic heterocycles. The molecular formula is C14H16ClN3OS. The number of amides is 1. The Morgan fingerprint density at radius 1 is 1.35 bits per heavy atom. The molecule has 0 aliphatic heterocycles. The van der Waals surface area contributed by atoms with Crippen molar-refractivity contribution in [2.75, 3.05) is 0 Å². The van der Waals surface area contributed by atoms with Crippen LogP contribution in [0.15, 0.2) is 29.6 Å². The maximum absolute atomic E-state index is 12.1. The van der Waals surface area contributed by atoms with Gasteiger partial charge in [-0.1, -0.05) is 23.7 Å². The van der Waals surface area contributed by atoms with Crippen LogP contribution in [0.25, 0.3) is 0 Å². The molecule has 2 aromatic rings. The maximum Gasteiger partial charge on any atom is 0.271 e. The Morgan fingerprint density at radius 3 is 2.55 bits per heavy atom. The van der Waals surface area contributed by atoms with Gasteiger partial charge in [-0.05, 0) is 31.5 Å². The molecule has 106 valence electrons. The highest BCUT2D eigenvalue weighted by Crippen LogP contribution is 2.18. The number of benzene rings is 1. The second-order valence-electron chi connectivity index (χ2n) is 4.61. The number of nitrogens with zero attached hydrogens (tertiary/aromatic N) is 1. The minimum atomic E-state index is -0.199. The fraction of sp³-hybridized carbons (Fsp3) is 0.286. The molecule has 0 aliphatic carbocycles. The van der Waals surface area contributed by atoms with Crippen molar-refractivity contribution in [2.45, 2.75) is 25.9 Å². The van der Waals surface area contributed by atoms with E-state index < -0.39 is 0 Å². The van der Waals surface area contributed by atoms with E-state index in [2.05, 4.69) is 10.3 Å². The smallest absolute Gasteiger partial charge is 0.271 e. The van der Waals surface area contributed by atoms with Crippen LogP contribution in [-0.4, -0.2) is 10.9 Å². The van der Waals surface area contributed by atoms with Gasteiger partial charge in [-0.2, -0.15) is 0 Å². The summed E-state index contributed by atoms with van der Waals surface area (Å²) < 4.78 is 0. The van der Waals surface area contributed by atoms with E-state index in [0.29, 0.717) is 10.7 Å². The molecule has 0 fully saturated rings. The van der Waals surface area contributed by atoms with Gasteiger partial charge >= 0.3 is 0 Å². The molecule has 0 radical (unpaired) electrons. The van der Waals surface area contributed by atoms with Gasteiger partial charge in [0, 0.05) is 10.4 Å². The second kappa shape index (κ2) is 6.35. The number of nitrogens with one attached hydrogen (secondary N) is 1. The number of aromatic nitrogens is 1. The Hall–Kier alpha value is -1.43. The monoisotopic (exact) mass is 309 g/mol. The average molecular weight is 310 g/mol. The Bertz CT molecular complexity index is 595. The highest BCUT2D eigenvalue weighted by Gasteiger charge is 2.15. The first-order valence-electron chi connectivity index (χ1n) is 6.24. The van der Waals surface area contributed by atoms with Gasteiger partial charge in [-0.25, -0.2) is 4.98 Å². The lowest BCUT2D eigenvalue weighted by Gasteiger charge is -2.13. The number of carbonyl (C=O) groups excluding carboxylic acids is 1. The largest absolute Gasteiger partial charge is 0.344 e. The molecule has 3 N–H and O–H groups in total. The summed E-state index contributed by atoms with van der Waals surface area (Å²) in [5.74, 6) is -0.199. The predicted octanol–water partition coefficient (Wildman–Crippen LogP) is 3.31. The average Bonchev–Trinajstić information content (AvgIpc) is 2.89. The highest BCUT2D eigenvalue weighted by molar-refractivity contribution is 7.09. The molecule has 0 aliphatic rings. The molecule has 2 atom stereocenters. The first-order valence-corrected chi connectivity index (χ1v) is 7.50. The van der Waals surface area contributed by atoms with Crippen LogP contribution in [0, 0.1) is 0 Å². The molecule has 0 saturated heterocycles. The lowest BCUT2D eigenvalue weighted by Crippen LogP contribution is -2.27. The van der Waals surface area contributed by atoms with Crippen LogP contribution < -0.4 is 11.1 Å². The van der Waals surface area contributed by atoms with Crippen LogP contribution in [-0.2, 0) is 0 Å². The standard InChI is InChI=1S/C14H16ClN3OS/c1-8(16)14-18-12(7-20-14)13(19)17-9(2)10-3-5-11(15)6-4-10/h3-9H,16H2,1-2H3,(H,17,19)/t8?,9-/m0/s1. The van der Waals surface area contributed by atoms with Crippen LogP contribution in [0.1, 0.15) is 47.0 Å². The number of nitrogens with two attached hydrogens (primary N) is 1. The third kappa shape index (κ3) is 3.56. The summed E-state index contributed by atoms with van der Waals surface area (Å²) >= 11 is 7.24. The van der Waals surface area contributed by atoms with Gasteiger partial charge in [0.05, 0.1) is 12.1 Å². The van der Waals surface area contributed by atoms with Gasteiger partial charge in [0.15, 0.2) is 0 Å². The minimum absolute atomic E-state index is 0.111. The second-order valence-corrected chi connectivity index (χ2v) is 5.93. The van der Waals surface area contributed by atoms with Gasteiger partial charge in [0.1, 0.15) is 10.7 Å². The van der Waals surface area contributed by atoms with E-state index in [1.807, 2.05) is 26.0 Å². The molecule has 4 nitrogen and oxygen atoms in total. The van der Waals surface area contributed by atoms with Crippen molar-refractivity contribution in [1.29, 1.82) is 0 Å². The van der Waals surface area contributed by atoms with Gasteiger partial charge in [0.2, 0.25) is 0 Å². The zero-order valence-corrected chi connectivity index (χ0v) is 12.8. The lowest BCUT2D eigenvalue weighted by atomic mass is 10.1. The van der Waals surface area contributed by atoms with Gasteiger partial charge in [-0.3, -0.25) is 4.79 Å². The molecule has 1 heterocycles. The first kappa shape index (κ1) is 15.0. The fourth-order valence-electron chi connectivity index (χ4n) is 1.71. The van der Waals surface area contributed by atoms with Gasteiger partial charge in [-0.15, -0.1) is 11.3 Å². The highest BCUT2D eigenvalue weighted by atomic mass is 35.5. The summed E-state index contributed by atoms with van der Waals surface area (Å²) in [7, 11) is 0. The molecule has 2 rings (SSSR count). The molecule has 1 unspecified atom stereocenters. The van der Waals surface area contributed by atoms with Crippen LogP contribution in [0.2, 0.25) is 5.02 Å².